The van der Waals surface area contributed by atoms with Gasteiger partial charge in [0.25, 0.3) is 0 Å². The van der Waals surface area contributed by atoms with E-state index < -0.39 is 0 Å². The van der Waals surface area contributed by atoms with Crippen LogP contribution in [-0.4, -0.2) is 22.6 Å². The van der Waals surface area contributed by atoms with Crippen molar-refractivity contribution in [2.75, 3.05) is 0 Å². The third-order valence-electron chi connectivity index (χ3n) is 11.1. The number of aryl methyl sites for hydroxylation is 2. The van der Waals surface area contributed by atoms with E-state index in [1.54, 1.807) is 68.1 Å². The molecule has 0 atom stereocenters. The minimum atomic E-state index is 0.133. The smallest absolute Gasteiger partial charge is 0.00628 e. The zero-order valence-electron chi connectivity index (χ0n) is 24.8. The highest BCUT2D eigenvalue weighted by Gasteiger charge is 2.34. The van der Waals surface area contributed by atoms with Gasteiger partial charge in [0.05, 0.1) is 0 Å². The van der Waals surface area contributed by atoms with Crippen molar-refractivity contribution < 1.29 is 0 Å². The molecule has 4 aliphatic carbocycles. The lowest BCUT2D eigenvalue weighted by molar-refractivity contribution is 0.483. The second kappa shape index (κ2) is 14.1. The zero-order chi connectivity index (χ0) is 25.6. The third kappa shape index (κ3) is 7.24. The van der Waals surface area contributed by atoms with Crippen LogP contribution in [0.3, 0.4) is 0 Å². The Morgan fingerprint density at radius 3 is 1.00 bits per heavy atom. The maximum absolute atomic E-state index is 2.64. The molecule has 5 rings (SSSR count). The van der Waals surface area contributed by atoms with Gasteiger partial charge in [-0.25, -0.2) is 0 Å². The standard InChI is InChI=1S/C35H58P2/c1-27-24-28(2)35(26-37(32-20-12-6-13-21-32)33-22-14-7-15-23-33)29(3)34(27)25-36(30-16-8-4-9-17-30)31-18-10-5-11-19-31/h24,30-33H,4-23,25-26H2,1-3H3. The monoisotopic (exact) mass is 540 g/mol. The number of hydrogen-bond acceptors (Lipinski definition) is 0. The Labute approximate surface area is 233 Å². The maximum Gasteiger partial charge on any atom is -0.00628 e. The van der Waals surface area contributed by atoms with Crippen LogP contribution < -0.4 is 0 Å². The van der Waals surface area contributed by atoms with Crippen LogP contribution in [0.1, 0.15) is 156 Å². The summed E-state index contributed by atoms with van der Waals surface area (Å²) in [6, 6.07) is 2.64. The molecule has 0 aromatic heterocycles. The lowest BCUT2D eigenvalue weighted by atomic mass is 9.95. The van der Waals surface area contributed by atoms with E-state index in [2.05, 4.69) is 26.8 Å². The van der Waals surface area contributed by atoms with Crippen molar-refractivity contribution >= 4 is 15.8 Å². The van der Waals surface area contributed by atoms with Crippen molar-refractivity contribution in [3.8, 4) is 0 Å². The van der Waals surface area contributed by atoms with Crippen LogP contribution >= 0.6 is 15.8 Å². The lowest BCUT2D eigenvalue weighted by Crippen LogP contribution is -2.23. The lowest BCUT2D eigenvalue weighted by Gasteiger charge is -2.40. The molecule has 0 spiro atoms. The summed E-state index contributed by atoms with van der Waals surface area (Å²) in [5.41, 5.74) is 12.9. The first-order valence-electron chi connectivity index (χ1n) is 16.7. The molecule has 1 aromatic carbocycles. The molecule has 0 unspecified atom stereocenters. The fraction of sp³-hybridized carbons (Fsp3) is 0.829. The summed E-state index contributed by atoms with van der Waals surface area (Å²) in [4.78, 5) is 0. The van der Waals surface area contributed by atoms with E-state index in [0.717, 1.165) is 22.6 Å². The van der Waals surface area contributed by atoms with Gasteiger partial charge >= 0.3 is 0 Å². The highest BCUT2D eigenvalue weighted by atomic mass is 31.1. The summed E-state index contributed by atoms with van der Waals surface area (Å²) in [7, 11) is 0.266. The molecule has 37 heavy (non-hydrogen) atoms. The van der Waals surface area contributed by atoms with E-state index in [4.69, 9.17) is 0 Å². The summed E-state index contributed by atoms with van der Waals surface area (Å²) in [6.07, 6.45) is 33.4. The minimum Gasteiger partial charge on any atom is -0.0958 e. The van der Waals surface area contributed by atoms with Gasteiger partial charge in [0.1, 0.15) is 0 Å². The average molecular weight is 541 g/mol. The second-order valence-electron chi connectivity index (χ2n) is 13.6. The molecule has 0 nitrogen and oxygen atoms in total. The molecular formula is C35H58P2. The summed E-state index contributed by atoms with van der Waals surface area (Å²) < 4.78 is 0. The quantitative estimate of drug-likeness (QED) is 0.288. The molecule has 4 aliphatic rings. The Morgan fingerprint density at radius 2 is 0.730 bits per heavy atom. The van der Waals surface area contributed by atoms with E-state index in [-0.39, 0.29) is 15.8 Å². The molecule has 0 bridgehead atoms. The van der Waals surface area contributed by atoms with Crippen molar-refractivity contribution in [2.45, 2.75) is 184 Å². The summed E-state index contributed by atoms with van der Waals surface area (Å²) in [5.74, 6) is 0. The van der Waals surface area contributed by atoms with Gasteiger partial charge in [-0.05, 0) is 135 Å². The van der Waals surface area contributed by atoms with Gasteiger partial charge in [-0.2, -0.15) is 0 Å². The van der Waals surface area contributed by atoms with E-state index in [0.29, 0.717) is 0 Å². The maximum atomic E-state index is 2.64. The Kier molecular flexibility index (Phi) is 10.9. The molecular weight excluding hydrogens is 482 g/mol. The van der Waals surface area contributed by atoms with Gasteiger partial charge in [0.2, 0.25) is 0 Å². The summed E-state index contributed by atoms with van der Waals surface area (Å²) in [6.45, 7) is 7.52. The number of hydrogen-bond donors (Lipinski definition) is 0. The normalized spacial score (nSPS) is 23.8. The molecule has 0 heterocycles. The first-order valence-corrected chi connectivity index (χ1v) is 20.0. The number of benzene rings is 1. The highest BCUT2D eigenvalue weighted by molar-refractivity contribution is 7.58. The molecule has 4 saturated carbocycles. The Bertz CT molecular complexity index is 733. The fourth-order valence-corrected chi connectivity index (χ4v) is 16.9. The zero-order valence-corrected chi connectivity index (χ0v) is 26.6. The minimum absolute atomic E-state index is 0.133. The molecule has 0 N–H and O–H groups in total. The van der Waals surface area contributed by atoms with Crippen molar-refractivity contribution in [1.82, 2.24) is 0 Å². The first kappa shape index (κ1) is 28.6. The predicted molar refractivity (Wildman–Crippen MR) is 169 cm³/mol. The molecule has 0 aliphatic heterocycles. The van der Waals surface area contributed by atoms with Gasteiger partial charge in [0.15, 0.2) is 0 Å². The van der Waals surface area contributed by atoms with Crippen LogP contribution in [0.25, 0.3) is 0 Å². The van der Waals surface area contributed by atoms with Crippen molar-refractivity contribution in [2.24, 2.45) is 0 Å². The predicted octanol–water partition coefficient (Wildman–Crippen LogP) is 11.9. The van der Waals surface area contributed by atoms with Crippen LogP contribution in [-0.2, 0) is 12.3 Å². The van der Waals surface area contributed by atoms with Crippen LogP contribution in [0.15, 0.2) is 6.07 Å². The molecule has 0 radical (unpaired) electrons. The van der Waals surface area contributed by atoms with Crippen molar-refractivity contribution in [3.63, 3.8) is 0 Å². The average Bonchev–Trinajstić information content (AvgIpc) is 2.95. The van der Waals surface area contributed by atoms with E-state index in [9.17, 15) is 0 Å². The van der Waals surface area contributed by atoms with E-state index >= 15 is 0 Å². The van der Waals surface area contributed by atoms with Gasteiger partial charge in [-0.15, -0.1) is 0 Å². The van der Waals surface area contributed by atoms with Crippen LogP contribution in [0.5, 0.6) is 0 Å². The van der Waals surface area contributed by atoms with Crippen molar-refractivity contribution in [1.29, 1.82) is 0 Å². The summed E-state index contributed by atoms with van der Waals surface area (Å²) in [5, 5.41) is 0. The highest BCUT2D eigenvalue weighted by Crippen LogP contribution is 2.60. The van der Waals surface area contributed by atoms with E-state index in [1.165, 1.54) is 89.4 Å². The first-order chi connectivity index (χ1) is 18.1. The Balaban J connectivity index is 1.42. The van der Waals surface area contributed by atoms with Crippen molar-refractivity contribution in [3.05, 3.63) is 33.9 Å². The third-order valence-corrected chi connectivity index (χ3v) is 18.3. The summed E-state index contributed by atoms with van der Waals surface area (Å²) >= 11 is 0. The van der Waals surface area contributed by atoms with Gasteiger partial charge in [0, 0.05) is 0 Å². The Hall–Kier alpha value is 0.0800. The SMILES string of the molecule is Cc1cc(C)c(CP(C2CCCCC2)C2CCCCC2)c(C)c1CP(C1CCCCC1)C1CCCCC1. The molecule has 2 heteroatoms. The largest absolute Gasteiger partial charge is 0.0958 e. The van der Waals surface area contributed by atoms with Crippen LogP contribution in [0.4, 0.5) is 0 Å². The van der Waals surface area contributed by atoms with Crippen LogP contribution in [0.2, 0.25) is 0 Å². The Morgan fingerprint density at radius 1 is 0.459 bits per heavy atom. The fourth-order valence-electron chi connectivity index (χ4n) is 8.89. The van der Waals surface area contributed by atoms with Gasteiger partial charge < -0.3 is 0 Å². The molecule has 1 aromatic rings. The molecule has 0 saturated heterocycles. The molecule has 4 fully saturated rings. The molecule has 208 valence electrons. The molecule has 0 amide bonds. The topological polar surface area (TPSA) is 0 Å². The van der Waals surface area contributed by atoms with Gasteiger partial charge in [-0.1, -0.05) is 99.0 Å². The van der Waals surface area contributed by atoms with Gasteiger partial charge in [-0.3, -0.25) is 0 Å². The van der Waals surface area contributed by atoms with E-state index in [1.807, 2.05) is 11.1 Å². The van der Waals surface area contributed by atoms with Crippen LogP contribution in [0, 0.1) is 20.8 Å². The second-order valence-corrected chi connectivity index (χ2v) is 19.2. The number of rotatable bonds is 8.